The van der Waals surface area contributed by atoms with Crippen LogP contribution in [-0.4, -0.2) is 54.9 Å². The van der Waals surface area contributed by atoms with Crippen molar-refractivity contribution >= 4 is 156 Å². The number of rotatable bonds is 0. The molecule has 0 fully saturated rings. The summed E-state index contributed by atoms with van der Waals surface area (Å²) in [5.41, 5.74) is 17.9. The Kier molecular flexibility index (Phi) is 14.3. The van der Waals surface area contributed by atoms with Gasteiger partial charge in [-0.1, -0.05) is 72.8 Å². The number of aromatic nitrogens is 4. The predicted molar refractivity (Wildman–Crippen MR) is 300 cm³/mol. The quantitative estimate of drug-likeness (QED) is 0.0272. The van der Waals surface area contributed by atoms with Crippen molar-refractivity contribution in [1.82, 2.24) is 18.8 Å². The van der Waals surface area contributed by atoms with Crippen LogP contribution in [0.1, 0.15) is 41.4 Å². The number of carbonyl (C=O) groups excluding carboxylic acids is 8. The SMILES string of the molecule is Nc1cccc2cccc(N)c12.O=C1OC(=O)c2ccc3c4c(ccc1c24)C(=O)OC3=O.O=C=O.O=C=O.O=c1c2ccc3c(=O)n4c5cccc6cccc(nc4c4ccc(c2c34)c2nc3cccc4cccc(c43)n12)c65.[CH3-].[CH3-].[Zn+2]. The largest absolute Gasteiger partial charge is 2.00 e. The number of pyridine rings is 2. The number of benzene rings is 10. The molecule has 81 heavy (non-hydrogen) atoms. The van der Waals surface area contributed by atoms with Gasteiger partial charge in [0.25, 0.3) is 11.1 Å². The van der Waals surface area contributed by atoms with E-state index in [4.69, 9.17) is 40.6 Å². The average molecular weight is 1120 g/mol. The Morgan fingerprint density at radius 3 is 0.988 bits per heavy atom. The topological polar surface area (TPSA) is 276 Å². The van der Waals surface area contributed by atoms with Crippen LogP contribution in [0.4, 0.5) is 11.4 Å². The van der Waals surface area contributed by atoms with E-state index in [1.807, 2.05) is 121 Å². The Labute approximate surface area is 467 Å². The molecule has 388 valence electrons. The van der Waals surface area contributed by atoms with Gasteiger partial charge in [0.1, 0.15) is 11.3 Å². The van der Waals surface area contributed by atoms with Crippen LogP contribution < -0.4 is 22.6 Å². The van der Waals surface area contributed by atoms with Crippen LogP contribution >= 0.6 is 0 Å². The van der Waals surface area contributed by atoms with Crippen LogP contribution in [0.2, 0.25) is 0 Å². The van der Waals surface area contributed by atoms with Gasteiger partial charge in [0.15, 0.2) is 0 Å². The van der Waals surface area contributed by atoms with Crippen LogP contribution in [0.5, 0.6) is 0 Å². The first kappa shape index (κ1) is 54.8. The van der Waals surface area contributed by atoms with E-state index in [-0.39, 0.29) is 90.8 Å². The molecule has 0 radical (unpaired) electrons. The summed E-state index contributed by atoms with van der Waals surface area (Å²) >= 11 is 0. The van der Waals surface area contributed by atoms with Crippen LogP contribution in [0.3, 0.4) is 0 Å². The van der Waals surface area contributed by atoms with Crippen LogP contribution in [0, 0.1) is 14.9 Å². The van der Waals surface area contributed by atoms with Crippen LogP contribution in [0.25, 0.3) is 109 Å². The smallest absolute Gasteiger partial charge is 0.398 e. The molecule has 0 atom stereocenters. The molecule has 10 aromatic carbocycles. The van der Waals surface area contributed by atoms with Gasteiger partial charge in [0, 0.05) is 70.6 Å². The Balaban J connectivity index is 0.000000161. The number of carbonyl (C=O) groups is 4. The molecule has 18 nitrogen and oxygen atoms in total. The summed E-state index contributed by atoms with van der Waals surface area (Å²) in [7, 11) is 0. The number of nitrogen functional groups attached to an aromatic ring is 2. The summed E-state index contributed by atoms with van der Waals surface area (Å²) in [5.74, 6) is -3.18. The molecule has 19 heteroatoms. The van der Waals surface area contributed by atoms with Crippen molar-refractivity contribution in [1.29, 1.82) is 0 Å². The van der Waals surface area contributed by atoms with Gasteiger partial charge in [-0.05, 0) is 101 Å². The molecule has 0 amide bonds. The minimum Gasteiger partial charge on any atom is -0.398 e. The molecule has 2 aliphatic rings. The predicted octanol–water partition coefficient (Wildman–Crippen LogP) is 9.85. The molecular weight excluding hydrogens is 1090 g/mol. The van der Waals surface area contributed by atoms with E-state index in [0.29, 0.717) is 22.1 Å². The van der Waals surface area contributed by atoms with E-state index in [1.165, 1.54) is 24.3 Å². The van der Waals surface area contributed by atoms with Crippen molar-refractivity contribution in [2.24, 2.45) is 0 Å². The first-order chi connectivity index (χ1) is 37.9. The summed E-state index contributed by atoms with van der Waals surface area (Å²) in [6.07, 6.45) is 0.500. The van der Waals surface area contributed by atoms with Gasteiger partial charge < -0.3 is 35.8 Å². The van der Waals surface area contributed by atoms with Gasteiger partial charge in [-0.25, -0.2) is 29.1 Å². The van der Waals surface area contributed by atoms with Crippen molar-refractivity contribution < 1.29 is 67.3 Å². The maximum atomic E-state index is 14.2. The summed E-state index contributed by atoms with van der Waals surface area (Å²) < 4.78 is 12.7. The molecule has 0 spiro atoms. The zero-order valence-corrected chi connectivity index (χ0v) is 45.5. The van der Waals surface area contributed by atoms with Crippen molar-refractivity contribution in [2.75, 3.05) is 11.5 Å². The molecular formula is C62H36N6O12Zn. The molecule has 0 bridgehead atoms. The summed E-state index contributed by atoms with van der Waals surface area (Å²) in [6.45, 7) is 0. The first-order valence-corrected chi connectivity index (χ1v) is 23.5. The Morgan fingerprint density at radius 2 is 0.654 bits per heavy atom. The van der Waals surface area contributed by atoms with Gasteiger partial charge in [0.2, 0.25) is 0 Å². The third-order valence-corrected chi connectivity index (χ3v) is 14.0. The monoisotopic (exact) mass is 1120 g/mol. The molecule has 4 aromatic heterocycles. The normalized spacial score (nSPS) is 12.0. The summed E-state index contributed by atoms with van der Waals surface area (Å²) in [6, 6.07) is 48.8. The fraction of sp³-hybridized carbons (Fsp3) is 0. The number of anilines is 2. The van der Waals surface area contributed by atoms with Gasteiger partial charge in [0.05, 0.1) is 44.3 Å². The van der Waals surface area contributed by atoms with E-state index in [1.54, 1.807) is 20.9 Å². The molecule has 6 heterocycles. The molecule has 0 saturated heterocycles. The van der Waals surface area contributed by atoms with E-state index < -0.39 is 23.9 Å². The molecule has 0 saturated carbocycles. The molecule has 0 aliphatic carbocycles. The number of hydrogen-bond acceptors (Lipinski definition) is 16. The maximum absolute atomic E-state index is 14.2. The first-order valence-electron chi connectivity index (χ1n) is 23.5. The number of fused-ring (bicyclic) bond motifs is 7. The standard InChI is InChI=1S/C34H16N4O2.C14H4O6.C10H10N2.2CO2.2CH3.Zn/c39-33-21-15-16-22-30-20(32-36-24-10-2-6-18-8-4-12-26(28(18)24)38(32)34(22)40)14-13-19(29(21)30)31-35-23-9-1-5-17-7-3-11-25(27(17)23)37(31)33;15-11-5-1-2-6-10-8(14(18)20-12(6)16)4-3-7(9(5)10)13(17)19-11;11-8-5-1-3-7-4-2-6-9(12)10(7)8;2*2-1-3;;;/h1-16H;1-4H;1-6H,11-12H2;;;2*1H3;/q;;;;;2*-1;+2. The van der Waals surface area contributed by atoms with Crippen molar-refractivity contribution in [3.63, 3.8) is 0 Å². The minimum atomic E-state index is -0.794. The summed E-state index contributed by atoms with van der Waals surface area (Å²) in [5, 5.41) is 10.9. The van der Waals surface area contributed by atoms with Crippen molar-refractivity contribution in [3.05, 3.63) is 216 Å². The van der Waals surface area contributed by atoms with E-state index in [2.05, 4.69) is 9.47 Å². The Bertz CT molecular complexity index is 4820. The van der Waals surface area contributed by atoms with E-state index in [0.717, 1.165) is 87.3 Å². The zero-order chi connectivity index (χ0) is 54.3. The van der Waals surface area contributed by atoms with E-state index >= 15 is 0 Å². The fourth-order valence-corrected chi connectivity index (χ4v) is 10.9. The second kappa shape index (κ2) is 21.1. The molecule has 2 aliphatic heterocycles. The van der Waals surface area contributed by atoms with Crippen molar-refractivity contribution in [2.45, 2.75) is 0 Å². The fourth-order valence-electron chi connectivity index (χ4n) is 10.9. The number of ether oxygens (including phenoxy) is 2. The second-order valence-electron chi connectivity index (χ2n) is 17.9. The van der Waals surface area contributed by atoms with E-state index in [9.17, 15) is 28.8 Å². The second-order valence-corrected chi connectivity index (χ2v) is 17.9. The average Bonchev–Trinajstić information content (AvgIpc) is 3.47. The number of nitrogens with two attached hydrogens (primary N) is 2. The molecule has 16 rings (SSSR count). The van der Waals surface area contributed by atoms with Gasteiger partial charge in [-0.3, -0.25) is 18.4 Å². The number of nitrogens with zero attached hydrogens (tertiary/aromatic N) is 4. The molecule has 0 unspecified atom stereocenters. The third-order valence-electron chi connectivity index (χ3n) is 14.0. The maximum Gasteiger partial charge on any atom is 2.00 e. The van der Waals surface area contributed by atoms with Gasteiger partial charge >= 0.3 is 55.7 Å². The van der Waals surface area contributed by atoms with Gasteiger partial charge in [-0.2, -0.15) is 19.2 Å². The number of hydrogen-bond donors (Lipinski definition) is 2. The number of esters is 4. The minimum absolute atomic E-state index is 0. The van der Waals surface area contributed by atoms with Crippen molar-refractivity contribution in [3.8, 4) is 0 Å². The third kappa shape index (κ3) is 8.33. The zero-order valence-electron chi connectivity index (χ0n) is 42.6. The molecule has 14 aromatic rings. The van der Waals surface area contributed by atoms with Crippen LogP contribution in [0.15, 0.2) is 167 Å². The Morgan fingerprint density at radius 1 is 0.358 bits per heavy atom. The molecule has 4 N–H and O–H groups in total. The Hall–Kier alpha value is -11.0. The van der Waals surface area contributed by atoms with Crippen LogP contribution in [-0.2, 0) is 48.1 Å². The summed E-state index contributed by atoms with van der Waals surface area (Å²) in [4.78, 5) is 118. The number of cyclic esters (lactones) is 4. The van der Waals surface area contributed by atoms with Gasteiger partial charge in [-0.15, -0.1) is 0 Å².